The summed E-state index contributed by atoms with van der Waals surface area (Å²) in [7, 11) is 0. The molecule has 0 spiro atoms. The zero-order chi connectivity index (χ0) is 11.4. The number of aryl methyl sites for hydroxylation is 1. The zero-order valence-electron chi connectivity index (χ0n) is 9.31. The highest BCUT2D eigenvalue weighted by atomic mass is 32.1. The Morgan fingerprint density at radius 3 is 2.25 bits per heavy atom. The summed E-state index contributed by atoms with van der Waals surface area (Å²) in [5.41, 5.74) is 3.78. The lowest BCUT2D eigenvalue weighted by Gasteiger charge is -2.06. The Balaban J connectivity index is 2.18. The third-order valence-electron chi connectivity index (χ3n) is 2.71. The first-order chi connectivity index (χ1) is 7.77. The summed E-state index contributed by atoms with van der Waals surface area (Å²) in [5, 5.41) is 0. The highest BCUT2D eigenvalue weighted by molar-refractivity contribution is 7.80. The van der Waals surface area contributed by atoms with Crippen LogP contribution in [0.15, 0.2) is 54.6 Å². The summed E-state index contributed by atoms with van der Waals surface area (Å²) < 4.78 is 0. The van der Waals surface area contributed by atoms with Crippen LogP contribution in [0.2, 0.25) is 0 Å². The lowest BCUT2D eigenvalue weighted by molar-refractivity contribution is 1.27. The van der Waals surface area contributed by atoms with Gasteiger partial charge >= 0.3 is 0 Å². The third kappa shape index (κ3) is 2.56. The first-order valence-corrected chi connectivity index (χ1v) is 5.81. The van der Waals surface area contributed by atoms with Gasteiger partial charge in [-0.05, 0) is 23.6 Å². The predicted octanol–water partition coefficient (Wildman–Crippen LogP) is 3.96. The van der Waals surface area contributed by atoms with Crippen LogP contribution in [0.5, 0.6) is 0 Å². The van der Waals surface area contributed by atoms with E-state index < -0.39 is 0 Å². The molecule has 2 aromatic rings. The Labute approximate surface area is 102 Å². The van der Waals surface area contributed by atoms with Gasteiger partial charge in [-0.1, -0.05) is 66.8 Å². The van der Waals surface area contributed by atoms with Crippen LogP contribution in [0.1, 0.15) is 16.7 Å². The minimum Gasteiger partial charge on any atom is -0.0839 e. The van der Waals surface area contributed by atoms with E-state index in [9.17, 15) is 0 Å². The van der Waals surface area contributed by atoms with Gasteiger partial charge in [-0.25, -0.2) is 0 Å². The maximum Gasteiger partial charge on any atom is 0.0268 e. The first kappa shape index (κ1) is 11.0. The molecule has 1 heteroatoms. The lowest BCUT2D eigenvalue weighted by atomic mass is 10.0. The van der Waals surface area contributed by atoms with E-state index in [4.69, 9.17) is 12.2 Å². The van der Waals surface area contributed by atoms with Crippen LogP contribution in [-0.2, 0) is 6.42 Å². The van der Waals surface area contributed by atoms with E-state index in [0.717, 1.165) is 16.8 Å². The van der Waals surface area contributed by atoms with E-state index in [1.807, 2.05) is 18.2 Å². The zero-order valence-corrected chi connectivity index (χ0v) is 10.1. The van der Waals surface area contributed by atoms with Crippen molar-refractivity contribution in [3.63, 3.8) is 0 Å². The molecule has 0 atom stereocenters. The lowest BCUT2D eigenvalue weighted by Crippen LogP contribution is -2.02. The molecule has 0 unspecified atom stereocenters. The highest BCUT2D eigenvalue weighted by Gasteiger charge is 2.03. The van der Waals surface area contributed by atoms with Crippen molar-refractivity contribution < 1.29 is 0 Å². The molecule has 0 radical (unpaired) electrons. The fourth-order valence-electron chi connectivity index (χ4n) is 1.71. The van der Waals surface area contributed by atoms with E-state index in [0.29, 0.717) is 0 Å². The molecule has 0 bridgehead atoms. The molecule has 0 fully saturated rings. The predicted molar refractivity (Wildman–Crippen MR) is 73.0 cm³/mol. The van der Waals surface area contributed by atoms with Crippen molar-refractivity contribution in [1.82, 2.24) is 0 Å². The van der Waals surface area contributed by atoms with Crippen molar-refractivity contribution >= 4 is 17.1 Å². The molecule has 0 aliphatic carbocycles. The van der Waals surface area contributed by atoms with Gasteiger partial charge in [0, 0.05) is 11.3 Å². The summed E-state index contributed by atoms with van der Waals surface area (Å²) in [6.07, 6.45) is 0.853. The smallest absolute Gasteiger partial charge is 0.0268 e. The van der Waals surface area contributed by atoms with E-state index in [1.54, 1.807) is 0 Å². The summed E-state index contributed by atoms with van der Waals surface area (Å²) in [4.78, 5) is 1.01. The van der Waals surface area contributed by atoms with Crippen molar-refractivity contribution in [2.24, 2.45) is 0 Å². The normalized spacial score (nSPS) is 10.1. The molecular weight excluding hydrogens is 212 g/mol. The van der Waals surface area contributed by atoms with Crippen molar-refractivity contribution in [2.75, 3.05) is 0 Å². The molecule has 0 saturated heterocycles. The number of hydrogen-bond donors (Lipinski definition) is 0. The number of hydrogen-bond acceptors (Lipinski definition) is 1. The minimum atomic E-state index is 0.853. The van der Waals surface area contributed by atoms with E-state index >= 15 is 0 Å². The monoisotopic (exact) mass is 226 g/mol. The molecule has 2 aromatic carbocycles. The van der Waals surface area contributed by atoms with Crippen molar-refractivity contribution in [3.8, 4) is 0 Å². The number of rotatable bonds is 3. The van der Waals surface area contributed by atoms with Gasteiger partial charge < -0.3 is 0 Å². The summed E-state index contributed by atoms with van der Waals surface area (Å²) in [5.74, 6) is 0. The largest absolute Gasteiger partial charge is 0.0839 e. The average molecular weight is 226 g/mol. The number of benzene rings is 2. The quantitative estimate of drug-likeness (QED) is 0.564. The van der Waals surface area contributed by atoms with Crippen LogP contribution < -0.4 is 0 Å². The molecule has 0 heterocycles. The van der Waals surface area contributed by atoms with Crippen LogP contribution in [0.4, 0.5) is 0 Å². The minimum absolute atomic E-state index is 0.853. The molecule has 16 heavy (non-hydrogen) atoms. The van der Waals surface area contributed by atoms with Crippen LogP contribution in [0.25, 0.3) is 0 Å². The fourth-order valence-corrected chi connectivity index (χ4v) is 2.00. The Bertz CT molecular complexity index is 486. The van der Waals surface area contributed by atoms with Gasteiger partial charge in [0.15, 0.2) is 0 Å². The van der Waals surface area contributed by atoms with Crippen LogP contribution in [0, 0.1) is 6.92 Å². The van der Waals surface area contributed by atoms with E-state index in [-0.39, 0.29) is 0 Å². The standard InChI is InChI=1S/C15H14S/c1-12-7-5-6-10-14(12)11-15(16)13-8-3-2-4-9-13/h2-10H,11H2,1H3. The fraction of sp³-hybridized carbons (Fsp3) is 0.133. The molecule has 2 rings (SSSR count). The van der Waals surface area contributed by atoms with Gasteiger partial charge in [-0.15, -0.1) is 0 Å². The summed E-state index contributed by atoms with van der Waals surface area (Å²) in [6, 6.07) is 18.6. The van der Waals surface area contributed by atoms with Gasteiger partial charge in [-0.2, -0.15) is 0 Å². The Hall–Kier alpha value is -1.47. The topological polar surface area (TPSA) is 0 Å². The van der Waals surface area contributed by atoms with Gasteiger partial charge in [0.25, 0.3) is 0 Å². The van der Waals surface area contributed by atoms with Gasteiger partial charge in [-0.3, -0.25) is 0 Å². The molecule has 0 aromatic heterocycles. The van der Waals surface area contributed by atoms with Gasteiger partial charge in [0.2, 0.25) is 0 Å². The Morgan fingerprint density at radius 2 is 1.56 bits per heavy atom. The third-order valence-corrected chi connectivity index (χ3v) is 3.09. The molecule has 0 aliphatic rings. The second-order valence-corrected chi connectivity index (χ2v) is 4.39. The van der Waals surface area contributed by atoms with E-state index in [1.165, 1.54) is 11.1 Å². The second-order valence-electron chi connectivity index (χ2n) is 3.89. The van der Waals surface area contributed by atoms with Crippen molar-refractivity contribution in [3.05, 3.63) is 71.3 Å². The van der Waals surface area contributed by atoms with Crippen LogP contribution in [0.3, 0.4) is 0 Å². The van der Waals surface area contributed by atoms with Gasteiger partial charge in [0.05, 0.1) is 0 Å². The summed E-state index contributed by atoms with van der Waals surface area (Å²) in [6.45, 7) is 2.13. The van der Waals surface area contributed by atoms with E-state index in [2.05, 4.69) is 43.3 Å². The van der Waals surface area contributed by atoms with Crippen molar-refractivity contribution in [1.29, 1.82) is 0 Å². The van der Waals surface area contributed by atoms with Crippen LogP contribution >= 0.6 is 12.2 Å². The van der Waals surface area contributed by atoms with Gasteiger partial charge in [0.1, 0.15) is 0 Å². The first-order valence-electron chi connectivity index (χ1n) is 5.40. The maximum atomic E-state index is 5.46. The maximum absolute atomic E-state index is 5.46. The highest BCUT2D eigenvalue weighted by Crippen LogP contribution is 2.12. The van der Waals surface area contributed by atoms with Crippen LogP contribution in [-0.4, -0.2) is 4.86 Å². The average Bonchev–Trinajstić information content (AvgIpc) is 2.33. The molecule has 0 nitrogen and oxygen atoms in total. The molecule has 0 N–H and O–H groups in total. The molecule has 0 aliphatic heterocycles. The SMILES string of the molecule is Cc1ccccc1CC(=S)c1ccccc1. The Morgan fingerprint density at radius 1 is 0.938 bits per heavy atom. The molecular formula is C15H14S. The molecule has 80 valence electrons. The number of thiocarbonyl (C=S) groups is 1. The van der Waals surface area contributed by atoms with Crippen molar-refractivity contribution in [2.45, 2.75) is 13.3 Å². The molecule has 0 amide bonds. The summed E-state index contributed by atoms with van der Waals surface area (Å²) >= 11 is 5.46. The second kappa shape index (κ2) is 5.04. The Kier molecular flexibility index (Phi) is 3.47. The molecule has 0 saturated carbocycles.